The van der Waals surface area contributed by atoms with E-state index in [-0.39, 0.29) is 11.9 Å². The molecule has 1 aromatic rings. The number of amides is 1. The first-order valence-corrected chi connectivity index (χ1v) is 8.17. The Morgan fingerprint density at radius 3 is 3.00 bits per heavy atom. The molecule has 0 aliphatic carbocycles. The van der Waals surface area contributed by atoms with E-state index in [2.05, 4.69) is 20.5 Å². The van der Waals surface area contributed by atoms with E-state index >= 15 is 0 Å². The highest BCUT2D eigenvalue weighted by Gasteiger charge is 2.18. The van der Waals surface area contributed by atoms with Gasteiger partial charge in [0.05, 0.1) is 26.4 Å². The minimum Gasteiger partial charge on any atom is -0.378 e. The number of hydrogen-bond acceptors (Lipinski definition) is 6. The smallest absolute Gasteiger partial charge is 0.221 e. The standard InChI is InChI=1S/C16H24N4O3/c21-15(10-14-12-23-7-4-17-14)19-11-13-2-1-3-18-16(13)20-5-8-22-9-6-20/h1-3,14,17H,4-12H2,(H,19,21). The molecule has 0 spiro atoms. The topological polar surface area (TPSA) is 75.7 Å². The quantitative estimate of drug-likeness (QED) is 0.790. The van der Waals surface area contributed by atoms with E-state index in [0.29, 0.717) is 19.6 Å². The van der Waals surface area contributed by atoms with Crippen LogP contribution in [-0.4, -0.2) is 63.0 Å². The molecule has 7 nitrogen and oxygen atoms in total. The molecule has 2 N–H and O–H groups in total. The summed E-state index contributed by atoms with van der Waals surface area (Å²) in [5, 5.41) is 6.28. The van der Waals surface area contributed by atoms with E-state index in [0.717, 1.165) is 50.8 Å². The highest BCUT2D eigenvalue weighted by Crippen LogP contribution is 2.18. The Hall–Kier alpha value is -1.70. The lowest BCUT2D eigenvalue weighted by Gasteiger charge is -2.29. The van der Waals surface area contributed by atoms with E-state index in [1.807, 2.05) is 12.1 Å². The van der Waals surface area contributed by atoms with E-state index in [1.54, 1.807) is 6.20 Å². The first-order chi connectivity index (χ1) is 11.3. The van der Waals surface area contributed by atoms with Crippen molar-refractivity contribution >= 4 is 11.7 Å². The van der Waals surface area contributed by atoms with Crippen LogP contribution in [0, 0.1) is 0 Å². The number of aromatic nitrogens is 1. The van der Waals surface area contributed by atoms with Crippen molar-refractivity contribution in [1.29, 1.82) is 0 Å². The Balaban J connectivity index is 1.54. The zero-order valence-corrected chi connectivity index (χ0v) is 13.3. The number of nitrogens with one attached hydrogen (secondary N) is 2. The van der Waals surface area contributed by atoms with Crippen molar-refractivity contribution in [2.24, 2.45) is 0 Å². The van der Waals surface area contributed by atoms with Crippen LogP contribution in [0.3, 0.4) is 0 Å². The number of anilines is 1. The molecule has 2 fully saturated rings. The van der Waals surface area contributed by atoms with Crippen LogP contribution in [-0.2, 0) is 20.8 Å². The average molecular weight is 320 g/mol. The summed E-state index contributed by atoms with van der Waals surface area (Å²) in [5.41, 5.74) is 1.04. The van der Waals surface area contributed by atoms with E-state index in [1.165, 1.54) is 0 Å². The van der Waals surface area contributed by atoms with Crippen LogP contribution in [0.25, 0.3) is 0 Å². The van der Waals surface area contributed by atoms with Gasteiger partial charge in [0.1, 0.15) is 5.82 Å². The van der Waals surface area contributed by atoms with E-state index < -0.39 is 0 Å². The van der Waals surface area contributed by atoms with Crippen molar-refractivity contribution < 1.29 is 14.3 Å². The maximum Gasteiger partial charge on any atom is 0.221 e. The molecule has 1 aromatic heterocycles. The average Bonchev–Trinajstić information content (AvgIpc) is 2.62. The van der Waals surface area contributed by atoms with Crippen molar-refractivity contribution in [3.8, 4) is 0 Å². The Labute approximate surface area is 136 Å². The number of ether oxygens (including phenoxy) is 2. The molecule has 1 unspecified atom stereocenters. The van der Waals surface area contributed by atoms with Crippen LogP contribution in [0.4, 0.5) is 5.82 Å². The zero-order chi connectivity index (χ0) is 15.9. The number of pyridine rings is 1. The first-order valence-electron chi connectivity index (χ1n) is 8.17. The van der Waals surface area contributed by atoms with Gasteiger partial charge in [-0.05, 0) is 6.07 Å². The summed E-state index contributed by atoms with van der Waals surface area (Å²) in [4.78, 5) is 18.8. The molecule has 1 amide bonds. The lowest BCUT2D eigenvalue weighted by atomic mass is 10.2. The second-order valence-corrected chi connectivity index (χ2v) is 5.79. The van der Waals surface area contributed by atoms with Crippen molar-refractivity contribution in [1.82, 2.24) is 15.6 Å². The van der Waals surface area contributed by atoms with Gasteiger partial charge in [-0.2, -0.15) is 0 Å². The first kappa shape index (κ1) is 16.2. The molecule has 0 aromatic carbocycles. The summed E-state index contributed by atoms with van der Waals surface area (Å²) in [6.07, 6.45) is 2.23. The van der Waals surface area contributed by atoms with Gasteiger partial charge < -0.3 is 25.0 Å². The number of rotatable bonds is 5. The molecule has 0 saturated carbocycles. The van der Waals surface area contributed by atoms with Gasteiger partial charge in [0, 0.05) is 50.4 Å². The normalized spacial score (nSPS) is 21.9. The fourth-order valence-corrected chi connectivity index (χ4v) is 2.87. The SMILES string of the molecule is O=C(CC1COCCN1)NCc1cccnc1N1CCOCC1. The number of nitrogens with zero attached hydrogens (tertiary/aromatic N) is 2. The Bertz CT molecular complexity index is 514. The molecule has 7 heteroatoms. The van der Waals surface area contributed by atoms with Gasteiger partial charge in [-0.15, -0.1) is 0 Å². The summed E-state index contributed by atoms with van der Waals surface area (Å²) < 4.78 is 10.8. The van der Waals surface area contributed by atoms with Crippen LogP contribution < -0.4 is 15.5 Å². The van der Waals surface area contributed by atoms with Gasteiger partial charge >= 0.3 is 0 Å². The van der Waals surface area contributed by atoms with Gasteiger partial charge in [-0.1, -0.05) is 6.07 Å². The van der Waals surface area contributed by atoms with E-state index in [4.69, 9.17) is 9.47 Å². The maximum absolute atomic E-state index is 12.1. The molecule has 1 atom stereocenters. The summed E-state index contributed by atoms with van der Waals surface area (Å²) in [6.45, 7) is 5.72. The molecule has 23 heavy (non-hydrogen) atoms. The molecule has 126 valence electrons. The van der Waals surface area contributed by atoms with Crippen LogP contribution in [0.1, 0.15) is 12.0 Å². The van der Waals surface area contributed by atoms with Gasteiger partial charge in [0.25, 0.3) is 0 Å². The third kappa shape index (κ3) is 4.63. The fourth-order valence-electron chi connectivity index (χ4n) is 2.87. The molecular weight excluding hydrogens is 296 g/mol. The third-order valence-corrected chi connectivity index (χ3v) is 4.08. The van der Waals surface area contributed by atoms with Crippen LogP contribution >= 0.6 is 0 Å². The maximum atomic E-state index is 12.1. The van der Waals surface area contributed by atoms with Crippen molar-refractivity contribution in [2.75, 3.05) is 51.0 Å². The van der Waals surface area contributed by atoms with Gasteiger partial charge in [-0.25, -0.2) is 4.98 Å². The molecule has 3 rings (SSSR count). The van der Waals surface area contributed by atoms with Crippen LogP contribution in [0.15, 0.2) is 18.3 Å². The van der Waals surface area contributed by atoms with Crippen molar-refractivity contribution in [3.05, 3.63) is 23.9 Å². The van der Waals surface area contributed by atoms with E-state index in [9.17, 15) is 4.79 Å². The minimum atomic E-state index is 0.0322. The largest absolute Gasteiger partial charge is 0.378 e. The summed E-state index contributed by atoms with van der Waals surface area (Å²) in [6, 6.07) is 4.03. The number of carbonyl (C=O) groups is 1. The molecule has 0 bridgehead atoms. The fraction of sp³-hybridized carbons (Fsp3) is 0.625. The van der Waals surface area contributed by atoms with Gasteiger partial charge in [0.2, 0.25) is 5.91 Å². The Morgan fingerprint density at radius 2 is 2.22 bits per heavy atom. The molecule has 2 aliphatic heterocycles. The molecule has 0 radical (unpaired) electrons. The van der Waals surface area contributed by atoms with Crippen molar-refractivity contribution in [3.63, 3.8) is 0 Å². The zero-order valence-electron chi connectivity index (χ0n) is 13.3. The predicted molar refractivity (Wildman–Crippen MR) is 86.3 cm³/mol. The molecular formula is C16H24N4O3. The van der Waals surface area contributed by atoms with Crippen molar-refractivity contribution in [2.45, 2.75) is 19.0 Å². The summed E-state index contributed by atoms with van der Waals surface area (Å²) >= 11 is 0. The summed E-state index contributed by atoms with van der Waals surface area (Å²) in [7, 11) is 0. The monoisotopic (exact) mass is 320 g/mol. The predicted octanol–water partition coefficient (Wildman–Crippen LogP) is -0.0871. The van der Waals surface area contributed by atoms with Gasteiger partial charge in [0.15, 0.2) is 0 Å². The van der Waals surface area contributed by atoms with Crippen LogP contribution in [0.5, 0.6) is 0 Å². The minimum absolute atomic E-state index is 0.0322. The second kappa shape index (κ2) is 8.24. The number of hydrogen-bond donors (Lipinski definition) is 2. The molecule has 2 aliphatic rings. The van der Waals surface area contributed by atoms with Gasteiger partial charge in [-0.3, -0.25) is 4.79 Å². The van der Waals surface area contributed by atoms with Crippen LogP contribution in [0.2, 0.25) is 0 Å². The highest BCUT2D eigenvalue weighted by atomic mass is 16.5. The third-order valence-electron chi connectivity index (χ3n) is 4.08. The molecule has 2 saturated heterocycles. The lowest BCUT2D eigenvalue weighted by molar-refractivity contribution is -0.122. The Morgan fingerprint density at radius 1 is 1.35 bits per heavy atom. The second-order valence-electron chi connectivity index (χ2n) is 5.79. The Kier molecular flexibility index (Phi) is 5.79. The summed E-state index contributed by atoms with van der Waals surface area (Å²) in [5.74, 6) is 0.972. The number of carbonyl (C=O) groups excluding carboxylic acids is 1. The highest BCUT2D eigenvalue weighted by molar-refractivity contribution is 5.76. The molecule has 3 heterocycles. The number of morpholine rings is 2. The lowest BCUT2D eigenvalue weighted by Crippen LogP contribution is -2.44.